The fourth-order valence-electron chi connectivity index (χ4n) is 3.14. The van der Waals surface area contributed by atoms with Crippen molar-refractivity contribution in [2.45, 2.75) is 25.9 Å². The summed E-state index contributed by atoms with van der Waals surface area (Å²) in [6.07, 6.45) is 0. The average molecular weight is 376 g/mol. The lowest BCUT2D eigenvalue weighted by molar-refractivity contribution is -0.134. The van der Waals surface area contributed by atoms with Crippen LogP contribution in [-0.2, 0) is 21.7 Å². The summed E-state index contributed by atoms with van der Waals surface area (Å²) in [7, 11) is 0. The highest BCUT2D eigenvalue weighted by atomic mass is 16.2. The smallest absolute Gasteiger partial charge is 0.325 e. The predicted molar refractivity (Wildman–Crippen MR) is 102 cm³/mol. The van der Waals surface area contributed by atoms with Crippen LogP contribution in [0.2, 0.25) is 0 Å². The van der Waals surface area contributed by atoms with Gasteiger partial charge in [0, 0.05) is 6.54 Å². The van der Waals surface area contributed by atoms with Crippen LogP contribution in [0, 0.1) is 18.3 Å². The third-order valence-electron chi connectivity index (χ3n) is 4.88. The standard InChI is InChI=1S/C21H20N4O3/c1-14-6-3-4-8-16(14)12-23-18(26)13-25-19(27)21(2,24-20(25)28)17-9-5-7-15(10-17)11-22/h3-10H,12-13H2,1-2H3,(H,23,26)(H,24,28)/t21-/m1/s1. The summed E-state index contributed by atoms with van der Waals surface area (Å²) in [4.78, 5) is 38.4. The lowest BCUT2D eigenvalue weighted by Crippen LogP contribution is -2.43. The number of carbonyl (C=O) groups excluding carboxylic acids is 3. The number of urea groups is 1. The fraction of sp³-hybridized carbons (Fsp3) is 0.238. The zero-order valence-electron chi connectivity index (χ0n) is 15.7. The van der Waals surface area contributed by atoms with Gasteiger partial charge in [-0.2, -0.15) is 5.26 Å². The molecule has 0 radical (unpaired) electrons. The molecule has 0 aromatic heterocycles. The van der Waals surface area contributed by atoms with Gasteiger partial charge in [-0.3, -0.25) is 14.5 Å². The highest BCUT2D eigenvalue weighted by Crippen LogP contribution is 2.29. The summed E-state index contributed by atoms with van der Waals surface area (Å²) in [6, 6.07) is 15.5. The monoisotopic (exact) mass is 376 g/mol. The topological polar surface area (TPSA) is 102 Å². The first-order chi connectivity index (χ1) is 13.3. The van der Waals surface area contributed by atoms with Crippen LogP contribution in [0.5, 0.6) is 0 Å². The molecule has 1 fully saturated rings. The molecule has 4 amide bonds. The first-order valence-electron chi connectivity index (χ1n) is 8.81. The zero-order chi connectivity index (χ0) is 20.3. The molecule has 2 aromatic carbocycles. The number of nitriles is 1. The maximum atomic E-state index is 12.9. The largest absolute Gasteiger partial charge is 0.350 e. The molecule has 1 saturated heterocycles. The molecule has 1 aliphatic rings. The van der Waals surface area contributed by atoms with Crippen LogP contribution in [-0.4, -0.2) is 29.3 Å². The lowest BCUT2D eigenvalue weighted by atomic mass is 9.91. The number of imide groups is 1. The molecule has 142 valence electrons. The van der Waals surface area contributed by atoms with Crippen molar-refractivity contribution in [1.82, 2.24) is 15.5 Å². The summed E-state index contributed by atoms with van der Waals surface area (Å²) < 4.78 is 0. The molecule has 1 aliphatic heterocycles. The quantitative estimate of drug-likeness (QED) is 0.779. The van der Waals surface area contributed by atoms with Crippen LogP contribution >= 0.6 is 0 Å². The van der Waals surface area contributed by atoms with Gasteiger partial charge >= 0.3 is 6.03 Å². The van der Waals surface area contributed by atoms with Gasteiger partial charge in [0.05, 0.1) is 11.6 Å². The highest BCUT2D eigenvalue weighted by Gasteiger charge is 2.49. The minimum Gasteiger partial charge on any atom is -0.350 e. The van der Waals surface area contributed by atoms with Gasteiger partial charge in [-0.1, -0.05) is 36.4 Å². The Kier molecular flexibility index (Phi) is 5.14. The van der Waals surface area contributed by atoms with Gasteiger partial charge in [0.1, 0.15) is 12.1 Å². The number of rotatable bonds is 5. The molecule has 7 heteroatoms. The third-order valence-corrected chi connectivity index (χ3v) is 4.88. The molecular weight excluding hydrogens is 356 g/mol. The van der Waals surface area contributed by atoms with Crippen molar-refractivity contribution in [3.8, 4) is 6.07 Å². The molecule has 0 saturated carbocycles. The number of benzene rings is 2. The third kappa shape index (κ3) is 3.58. The van der Waals surface area contributed by atoms with Crippen LogP contribution in [0.25, 0.3) is 0 Å². The van der Waals surface area contributed by atoms with E-state index in [4.69, 9.17) is 5.26 Å². The second-order valence-corrected chi connectivity index (χ2v) is 6.84. The molecule has 0 spiro atoms. The minimum atomic E-state index is -1.32. The minimum absolute atomic E-state index is 0.316. The second kappa shape index (κ2) is 7.53. The number of amides is 4. The number of hydrogen-bond donors (Lipinski definition) is 2. The summed E-state index contributed by atoms with van der Waals surface area (Å²) in [5, 5.41) is 14.4. The second-order valence-electron chi connectivity index (χ2n) is 6.84. The van der Waals surface area contributed by atoms with Gasteiger partial charge < -0.3 is 10.6 Å². The van der Waals surface area contributed by atoms with E-state index in [0.717, 1.165) is 16.0 Å². The SMILES string of the molecule is Cc1ccccc1CNC(=O)CN1C(=O)N[C@](C)(c2cccc(C#N)c2)C1=O. The van der Waals surface area contributed by atoms with Crippen molar-refractivity contribution in [2.75, 3.05) is 6.54 Å². The fourth-order valence-corrected chi connectivity index (χ4v) is 3.14. The highest BCUT2D eigenvalue weighted by molar-refractivity contribution is 6.09. The molecule has 7 nitrogen and oxygen atoms in total. The van der Waals surface area contributed by atoms with Crippen molar-refractivity contribution in [3.63, 3.8) is 0 Å². The van der Waals surface area contributed by atoms with E-state index in [-0.39, 0.29) is 6.54 Å². The summed E-state index contributed by atoms with van der Waals surface area (Å²) >= 11 is 0. The van der Waals surface area contributed by atoms with E-state index in [2.05, 4.69) is 10.6 Å². The van der Waals surface area contributed by atoms with Crippen LogP contribution < -0.4 is 10.6 Å². The molecule has 3 rings (SSSR count). The maximum Gasteiger partial charge on any atom is 0.325 e. The van der Waals surface area contributed by atoms with Crippen LogP contribution in [0.4, 0.5) is 4.79 Å². The van der Waals surface area contributed by atoms with Crippen LogP contribution in [0.15, 0.2) is 48.5 Å². The molecule has 0 unspecified atom stereocenters. The zero-order valence-corrected chi connectivity index (χ0v) is 15.7. The first kappa shape index (κ1) is 19.1. The Bertz CT molecular complexity index is 995. The predicted octanol–water partition coefficient (Wildman–Crippen LogP) is 1.95. The van der Waals surface area contributed by atoms with E-state index < -0.39 is 23.4 Å². The first-order valence-corrected chi connectivity index (χ1v) is 8.81. The molecule has 2 N–H and O–H groups in total. The molecule has 2 aromatic rings. The van der Waals surface area contributed by atoms with Crippen molar-refractivity contribution in [1.29, 1.82) is 5.26 Å². The van der Waals surface area contributed by atoms with Crippen LogP contribution in [0.3, 0.4) is 0 Å². The Morgan fingerprint density at radius 1 is 1.21 bits per heavy atom. The van der Waals surface area contributed by atoms with Crippen LogP contribution in [0.1, 0.15) is 29.2 Å². The maximum absolute atomic E-state index is 12.9. The number of carbonyl (C=O) groups is 3. The number of nitrogens with zero attached hydrogens (tertiary/aromatic N) is 2. The summed E-state index contributed by atoms with van der Waals surface area (Å²) in [6.45, 7) is 3.45. The Labute approximate surface area is 163 Å². The van der Waals surface area contributed by atoms with E-state index in [1.165, 1.54) is 0 Å². The van der Waals surface area contributed by atoms with E-state index in [1.807, 2.05) is 37.3 Å². The van der Waals surface area contributed by atoms with Crippen molar-refractivity contribution < 1.29 is 14.4 Å². The van der Waals surface area contributed by atoms with E-state index in [0.29, 0.717) is 17.7 Å². The molecular formula is C21H20N4O3. The Balaban J connectivity index is 1.70. The molecule has 1 heterocycles. The van der Waals surface area contributed by atoms with Crippen molar-refractivity contribution >= 4 is 17.8 Å². The number of nitrogens with one attached hydrogen (secondary N) is 2. The van der Waals surface area contributed by atoms with Gasteiger partial charge in [-0.15, -0.1) is 0 Å². The van der Waals surface area contributed by atoms with Crippen molar-refractivity contribution in [3.05, 3.63) is 70.8 Å². The Morgan fingerprint density at radius 3 is 2.68 bits per heavy atom. The van der Waals surface area contributed by atoms with Gasteiger partial charge in [0.25, 0.3) is 5.91 Å². The van der Waals surface area contributed by atoms with E-state index in [1.54, 1.807) is 31.2 Å². The summed E-state index contributed by atoms with van der Waals surface area (Å²) in [5.41, 5.74) is 1.57. The van der Waals surface area contributed by atoms with Gasteiger partial charge in [0.15, 0.2) is 0 Å². The van der Waals surface area contributed by atoms with Gasteiger partial charge in [0.2, 0.25) is 5.91 Å². The average Bonchev–Trinajstić information content (AvgIpc) is 2.91. The van der Waals surface area contributed by atoms with Crippen molar-refractivity contribution in [2.24, 2.45) is 0 Å². The normalized spacial score (nSPS) is 18.5. The molecule has 0 bridgehead atoms. The molecule has 0 aliphatic carbocycles. The Morgan fingerprint density at radius 2 is 1.96 bits per heavy atom. The molecule has 28 heavy (non-hydrogen) atoms. The van der Waals surface area contributed by atoms with Gasteiger partial charge in [-0.05, 0) is 42.7 Å². The lowest BCUT2D eigenvalue weighted by Gasteiger charge is -2.22. The van der Waals surface area contributed by atoms with E-state index >= 15 is 0 Å². The van der Waals surface area contributed by atoms with Gasteiger partial charge in [-0.25, -0.2) is 4.79 Å². The number of hydrogen-bond acceptors (Lipinski definition) is 4. The Hall–Kier alpha value is -3.66. The number of aryl methyl sites for hydroxylation is 1. The summed E-state index contributed by atoms with van der Waals surface area (Å²) in [5.74, 6) is -0.958. The molecule has 1 atom stereocenters. The van der Waals surface area contributed by atoms with E-state index in [9.17, 15) is 14.4 Å².